The number of hydrogen-bond donors (Lipinski definition) is 0. The Balaban J connectivity index is 2.48. The lowest BCUT2D eigenvalue weighted by atomic mass is 9.92. The third kappa shape index (κ3) is 2.80. The molecule has 0 aliphatic heterocycles. The molecule has 1 aromatic rings. The molecule has 2 heteroatoms. The van der Waals surface area contributed by atoms with Gasteiger partial charge in [-0.3, -0.25) is 0 Å². The van der Waals surface area contributed by atoms with Crippen LogP contribution in [-0.4, -0.2) is 5.88 Å². The van der Waals surface area contributed by atoms with Crippen LogP contribution in [0.1, 0.15) is 19.4 Å². The van der Waals surface area contributed by atoms with E-state index < -0.39 is 0 Å². The first-order chi connectivity index (χ1) is 5.74. The van der Waals surface area contributed by atoms with Gasteiger partial charge in [0.25, 0.3) is 0 Å². The van der Waals surface area contributed by atoms with Crippen LogP contribution >= 0.6 is 22.9 Å². The van der Waals surface area contributed by atoms with Gasteiger partial charge in [-0.2, -0.15) is 11.3 Å². The second-order valence-electron chi connectivity index (χ2n) is 3.49. The standard InChI is InChI=1S/C10H15ClS/c1-8(2)10(6-11)5-9-3-4-12-7-9/h3-4,7-8,10H,5-6H2,1-2H3. The van der Waals surface area contributed by atoms with Crippen LogP contribution in [-0.2, 0) is 6.42 Å². The van der Waals surface area contributed by atoms with Gasteiger partial charge in [-0.15, -0.1) is 11.6 Å². The van der Waals surface area contributed by atoms with Crippen LogP contribution in [0.2, 0.25) is 0 Å². The first kappa shape index (κ1) is 10.1. The second-order valence-corrected chi connectivity index (χ2v) is 4.58. The minimum Gasteiger partial charge on any atom is -0.152 e. The average Bonchev–Trinajstić information content (AvgIpc) is 2.51. The zero-order valence-corrected chi connectivity index (χ0v) is 9.16. The minimum atomic E-state index is 0.626. The molecule has 1 heterocycles. The first-order valence-corrected chi connectivity index (χ1v) is 5.78. The highest BCUT2D eigenvalue weighted by Gasteiger charge is 2.12. The lowest BCUT2D eigenvalue weighted by Crippen LogP contribution is -2.13. The number of alkyl halides is 1. The van der Waals surface area contributed by atoms with Crippen molar-refractivity contribution in [1.82, 2.24) is 0 Å². The summed E-state index contributed by atoms with van der Waals surface area (Å²) in [5.41, 5.74) is 1.43. The molecule has 0 radical (unpaired) electrons. The lowest BCUT2D eigenvalue weighted by molar-refractivity contribution is 0.423. The molecule has 0 amide bonds. The van der Waals surface area contributed by atoms with E-state index >= 15 is 0 Å². The summed E-state index contributed by atoms with van der Waals surface area (Å²) in [6, 6.07) is 2.19. The van der Waals surface area contributed by atoms with E-state index in [1.165, 1.54) is 5.56 Å². The Morgan fingerprint density at radius 2 is 2.25 bits per heavy atom. The van der Waals surface area contributed by atoms with Gasteiger partial charge in [0.2, 0.25) is 0 Å². The Morgan fingerprint density at radius 3 is 2.67 bits per heavy atom. The zero-order valence-electron chi connectivity index (χ0n) is 7.59. The van der Waals surface area contributed by atoms with E-state index in [9.17, 15) is 0 Å². The summed E-state index contributed by atoms with van der Waals surface area (Å²) in [6.45, 7) is 4.47. The Labute approximate surface area is 83.6 Å². The average molecular weight is 203 g/mol. The smallest absolute Gasteiger partial charge is 0.0257 e. The molecule has 0 saturated heterocycles. The van der Waals surface area contributed by atoms with Gasteiger partial charge in [0.15, 0.2) is 0 Å². The van der Waals surface area contributed by atoms with Crippen LogP contribution in [0.3, 0.4) is 0 Å². The molecule has 0 spiro atoms. The van der Waals surface area contributed by atoms with E-state index in [0.717, 1.165) is 12.3 Å². The summed E-state index contributed by atoms with van der Waals surface area (Å²) >= 11 is 7.64. The molecule has 68 valence electrons. The third-order valence-electron chi connectivity index (χ3n) is 2.22. The fourth-order valence-corrected chi connectivity index (χ4v) is 2.33. The SMILES string of the molecule is CC(C)C(CCl)Cc1ccsc1. The minimum absolute atomic E-state index is 0.626. The van der Waals surface area contributed by atoms with E-state index in [1.807, 2.05) is 0 Å². The van der Waals surface area contributed by atoms with Crippen molar-refractivity contribution in [1.29, 1.82) is 0 Å². The van der Waals surface area contributed by atoms with Crippen LogP contribution in [0.25, 0.3) is 0 Å². The molecule has 1 rings (SSSR count). The highest BCUT2D eigenvalue weighted by molar-refractivity contribution is 7.07. The molecule has 0 fully saturated rings. The van der Waals surface area contributed by atoms with E-state index in [-0.39, 0.29) is 0 Å². The molecule has 0 nitrogen and oxygen atoms in total. The van der Waals surface area contributed by atoms with E-state index in [0.29, 0.717) is 11.8 Å². The highest BCUT2D eigenvalue weighted by atomic mass is 35.5. The van der Waals surface area contributed by atoms with Crippen molar-refractivity contribution in [2.75, 3.05) is 5.88 Å². The molecule has 0 aliphatic carbocycles. The molecular formula is C10H15ClS. The monoisotopic (exact) mass is 202 g/mol. The Hall–Kier alpha value is -0.0100. The van der Waals surface area contributed by atoms with Crippen LogP contribution in [0.5, 0.6) is 0 Å². The van der Waals surface area contributed by atoms with Crippen LogP contribution < -0.4 is 0 Å². The largest absolute Gasteiger partial charge is 0.152 e. The van der Waals surface area contributed by atoms with Gasteiger partial charge >= 0.3 is 0 Å². The normalized spacial score (nSPS) is 13.7. The van der Waals surface area contributed by atoms with Gasteiger partial charge in [-0.1, -0.05) is 13.8 Å². The Morgan fingerprint density at radius 1 is 1.50 bits per heavy atom. The molecule has 0 aromatic carbocycles. The van der Waals surface area contributed by atoms with Gasteiger partial charge in [0.1, 0.15) is 0 Å². The van der Waals surface area contributed by atoms with Crippen LogP contribution in [0.15, 0.2) is 16.8 Å². The van der Waals surface area contributed by atoms with Crippen molar-refractivity contribution in [2.24, 2.45) is 11.8 Å². The summed E-state index contributed by atoms with van der Waals surface area (Å²) in [5, 5.41) is 4.34. The third-order valence-corrected chi connectivity index (χ3v) is 3.35. The van der Waals surface area contributed by atoms with Crippen LogP contribution in [0.4, 0.5) is 0 Å². The van der Waals surface area contributed by atoms with Crippen molar-refractivity contribution >= 4 is 22.9 Å². The number of rotatable bonds is 4. The van der Waals surface area contributed by atoms with Gasteiger partial charge < -0.3 is 0 Å². The van der Waals surface area contributed by atoms with E-state index in [4.69, 9.17) is 11.6 Å². The maximum Gasteiger partial charge on any atom is 0.0257 e. The molecule has 0 aliphatic rings. The topological polar surface area (TPSA) is 0 Å². The molecule has 0 N–H and O–H groups in total. The van der Waals surface area contributed by atoms with E-state index in [2.05, 4.69) is 30.7 Å². The fraction of sp³-hybridized carbons (Fsp3) is 0.600. The maximum absolute atomic E-state index is 5.88. The molecule has 0 bridgehead atoms. The molecule has 1 atom stereocenters. The lowest BCUT2D eigenvalue weighted by Gasteiger charge is -2.16. The van der Waals surface area contributed by atoms with Gasteiger partial charge in [0.05, 0.1) is 0 Å². The number of thiophene rings is 1. The predicted octanol–water partition coefficient (Wildman–Crippen LogP) is 3.80. The summed E-state index contributed by atoms with van der Waals surface area (Å²) in [4.78, 5) is 0. The van der Waals surface area contributed by atoms with E-state index in [1.54, 1.807) is 11.3 Å². The Kier molecular flexibility index (Phi) is 4.10. The second kappa shape index (κ2) is 4.88. The van der Waals surface area contributed by atoms with Crippen molar-refractivity contribution in [3.8, 4) is 0 Å². The number of halogens is 1. The zero-order chi connectivity index (χ0) is 8.97. The van der Waals surface area contributed by atoms with Crippen molar-refractivity contribution < 1.29 is 0 Å². The quantitative estimate of drug-likeness (QED) is 0.652. The summed E-state index contributed by atoms with van der Waals surface area (Å²) in [7, 11) is 0. The van der Waals surface area contributed by atoms with Gasteiger partial charge in [0, 0.05) is 5.88 Å². The highest BCUT2D eigenvalue weighted by Crippen LogP contribution is 2.19. The van der Waals surface area contributed by atoms with Crippen LogP contribution in [0, 0.1) is 11.8 Å². The molecule has 12 heavy (non-hydrogen) atoms. The van der Waals surface area contributed by atoms with Gasteiger partial charge in [-0.25, -0.2) is 0 Å². The summed E-state index contributed by atoms with van der Waals surface area (Å²) in [5.74, 6) is 2.08. The first-order valence-electron chi connectivity index (χ1n) is 4.31. The molecule has 1 aromatic heterocycles. The molecule has 0 saturated carbocycles. The Bertz CT molecular complexity index is 204. The molecular weight excluding hydrogens is 188 g/mol. The summed E-state index contributed by atoms with van der Waals surface area (Å²) in [6.07, 6.45) is 1.13. The fourth-order valence-electron chi connectivity index (χ4n) is 1.18. The van der Waals surface area contributed by atoms with Crippen molar-refractivity contribution in [3.63, 3.8) is 0 Å². The van der Waals surface area contributed by atoms with Crippen molar-refractivity contribution in [2.45, 2.75) is 20.3 Å². The maximum atomic E-state index is 5.88. The molecule has 1 unspecified atom stereocenters. The number of hydrogen-bond acceptors (Lipinski definition) is 1. The van der Waals surface area contributed by atoms with Gasteiger partial charge in [-0.05, 0) is 40.6 Å². The van der Waals surface area contributed by atoms with Crippen molar-refractivity contribution in [3.05, 3.63) is 22.4 Å². The summed E-state index contributed by atoms with van der Waals surface area (Å²) < 4.78 is 0. The predicted molar refractivity (Wildman–Crippen MR) is 57.1 cm³/mol.